The Morgan fingerprint density at radius 3 is 1.53 bits per heavy atom. The summed E-state index contributed by atoms with van der Waals surface area (Å²) in [5, 5.41) is 13.7. The predicted octanol–water partition coefficient (Wildman–Crippen LogP) is 10.2. The second-order valence-electron chi connectivity index (χ2n) is 15.4. The van der Waals surface area contributed by atoms with Crippen LogP contribution in [0.1, 0.15) is 187 Å². The van der Waals surface area contributed by atoms with Gasteiger partial charge in [0.1, 0.15) is 13.2 Å². The second-order valence-corrected chi connectivity index (χ2v) is 16.8. The lowest BCUT2D eigenvalue weighted by Gasteiger charge is -2.29. The standard InChI is InChI=1S/C40H81N2O6P/c1-6-8-10-12-14-16-17-18-19-20-21-22-23-24-26-28-30-32-34-40(44)41-38(37-48-49(45,46)47-36-35-42(3,4)5)39(43)33-31-29-27-25-15-13-11-9-7-2/h31,33,38-39,43H,6-30,32,34-37H2,1-5H3,(H-,41,44,45,46)/b33-31+/t38-,39+/m0/s1. The van der Waals surface area contributed by atoms with Gasteiger partial charge in [-0.2, -0.15) is 0 Å². The molecule has 0 saturated heterocycles. The third-order valence-electron chi connectivity index (χ3n) is 9.25. The maximum absolute atomic E-state index is 12.8. The van der Waals surface area contributed by atoms with Gasteiger partial charge in [0.2, 0.25) is 5.91 Å². The summed E-state index contributed by atoms with van der Waals surface area (Å²) in [5.74, 6) is -0.198. The molecule has 2 N–H and O–H groups in total. The number of quaternary nitrogens is 1. The molecule has 0 saturated carbocycles. The maximum atomic E-state index is 12.8. The molecule has 0 aliphatic carbocycles. The number of hydrogen-bond donors (Lipinski definition) is 2. The first-order chi connectivity index (χ1) is 23.5. The fourth-order valence-corrected chi connectivity index (χ4v) is 6.64. The van der Waals surface area contributed by atoms with Crippen molar-refractivity contribution in [3.8, 4) is 0 Å². The Hall–Kier alpha value is -0.760. The first kappa shape index (κ1) is 48.2. The number of phosphoric acid groups is 1. The Labute approximate surface area is 303 Å². The van der Waals surface area contributed by atoms with Crippen LogP contribution >= 0.6 is 7.82 Å². The number of phosphoric ester groups is 1. The van der Waals surface area contributed by atoms with Crippen molar-refractivity contribution >= 4 is 13.7 Å². The Bertz CT molecular complexity index is 819. The van der Waals surface area contributed by atoms with E-state index in [0.717, 1.165) is 38.5 Å². The number of unbranched alkanes of at least 4 members (excludes halogenated alkanes) is 24. The molecule has 0 aromatic heterocycles. The van der Waals surface area contributed by atoms with Crippen molar-refractivity contribution in [3.05, 3.63) is 12.2 Å². The van der Waals surface area contributed by atoms with Gasteiger partial charge in [-0.25, -0.2) is 0 Å². The molecule has 0 radical (unpaired) electrons. The van der Waals surface area contributed by atoms with Crippen molar-refractivity contribution in [1.29, 1.82) is 0 Å². The van der Waals surface area contributed by atoms with Crippen LogP contribution in [0.2, 0.25) is 0 Å². The molecule has 0 fully saturated rings. The highest BCUT2D eigenvalue weighted by Gasteiger charge is 2.23. The molecule has 0 aliphatic rings. The van der Waals surface area contributed by atoms with Crippen molar-refractivity contribution in [2.45, 2.75) is 199 Å². The van der Waals surface area contributed by atoms with E-state index in [4.69, 9.17) is 9.05 Å². The monoisotopic (exact) mass is 717 g/mol. The highest BCUT2D eigenvalue weighted by atomic mass is 31.2. The van der Waals surface area contributed by atoms with Gasteiger partial charge < -0.3 is 28.8 Å². The minimum absolute atomic E-state index is 0.00155. The van der Waals surface area contributed by atoms with Crippen molar-refractivity contribution in [2.75, 3.05) is 40.9 Å². The number of carbonyl (C=O) groups is 1. The average molecular weight is 717 g/mol. The molecule has 0 aromatic carbocycles. The summed E-state index contributed by atoms with van der Waals surface area (Å²) in [4.78, 5) is 25.2. The fourth-order valence-electron chi connectivity index (χ4n) is 5.92. The van der Waals surface area contributed by atoms with Crippen molar-refractivity contribution in [1.82, 2.24) is 5.32 Å². The lowest BCUT2D eigenvalue weighted by atomic mass is 10.0. The second kappa shape index (κ2) is 33.1. The van der Waals surface area contributed by atoms with Gasteiger partial charge in [0.15, 0.2) is 0 Å². The van der Waals surface area contributed by atoms with E-state index in [1.165, 1.54) is 128 Å². The zero-order valence-corrected chi connectivity index (χ0v) is 33.8. The number of rotatable bonds is 37. The zero-order valence-electron chi connectivity index (χ0n) is 32.9. The number of aliphatic hydroxyl groups is 1. The average Bonchev–Trinajstić information content (AvgIpc) is 3.04. The zero-order chi connectivity index (χ0) is 36.5. The third-order valence-corrected chi connectivity index (χ3v) is 10.2. The number of hydrogen-bond acceptors (Lipinski definition) is 6. The van der Waals surface area contributed by atoms with E-state index in [-0.39, 0.29) is 19.1 Å². The summed E-state index contributed by atoms with van der Waals surface area (Å²) >= 11 is 0. The molecular formula is C40H81N2O6P. The maximum Gasteiger partial charge on any atom is 0.268 e. The van der Waals surface area contributed by atoms with E-state index >= 15 is 0 Å². The van der Waals surface area contributed by atoms with Crippen LogP contribution in [0.5, 0.6) is 0 Å². The van der Waals surface area contributed by atoms with Crippen LogP contribution in [0.3, 0.4) is 0 Å². The molecule has 292 valence electrons. The third kappa shape index (κ3) is 35.4. The molecule has 0 rings (SSSR count). The van der Waals surface area contributed by atoms with Gasteiger partial charge in [0, 0.05) is 6.42 Å². The predicted molar refractivity (Wildman–Crippen MR) is 205 cm³/mol. The Kier molecular flexibility index (Phi) is 32.6. The number of amides is 1. The van der Waals surface area contributed by atoms with Crippen molar-refractivity contribution < 1.29 is 32.9 Å². The van der Waals surface area contributed by atoms with E-state index in [1.807, 2.05) is 27.2 Å². The molecule has 0 aliphatic heterocycles. The van der Waals surface area contributed by atoms with Crippen LogP contribution in [-0.4, -0.2) is 68.5 Å². The molecule has 3 atom stereocenters. The minimum Gasteiger partial charge on any atom is -0.756 e. The Morgan fingerprint density at radius 2 is 1.10 bits per heavy atom. The summed E-state index contributed by atoms with van der Waals surface area (Å²) in [5.41, 5.74) is 0. The number of nitrogens with zero attached hydrogens (tertiary/aromatic N) is 1. The summed E-state index contributed by atoms with van der Waals surface area (Å²) < 4.78 is 23.1. The van der Waals surface area contributed by atoms with Crippen LogP contribution in [0.15, 0.2) is 12.2 Å². The van der Waals surface area contributed by atoms with E-state index in [0.29, 0.717) is 17.4 Å². The van der Waals surface area contributed by atoms with Gasteiger partial charge in [-0.05, 0) is 19.3 Å². The normalized spacial score (nSPS) is 14.7. The summed E-state index contributed by atoms with van der Waals surface area (Å²) in [7, 11) is 1.27. The number of aliphatic hydroxyl groups excluding tert-OH is 1. The van der Waals surface area contributed by atoms with E-state index in [9.17, 15) is 19.4 Å². The molecule has 9 heteroatoms. The van der Waals surface area contributed by atoms with Crippen LogP contribution < -0.4 is 10.2 Å². The van der Waals surface area contributed by atoms with E-state index < -0.39 is 20.0 Å². The molecule has 0 bridgehead atoms. The van der Waals surface area contributed by atoms with E-state index in [2.05, 4.69) is 19.2 Å². The quantitative estimate of drug-likeness (QED) is 0.0287. The molecule has 8 nitrogen and oxygen atoms in total. The molecular weight excluding hydrogens is 635 g/mol. The van der Waals surface area contributed by atoms with Crippen LogP contribution in [-0.2, 0) is 18.4 Å². The lowest BCUT2D eigenvalue weighted by molar-refractivity contribution is -0.870. The lowest BCUT2D eigenvalue weighted by Crippen LogP contribution is -2.45. The van der Waals surface area contributed by atoms with Gasteiger partial charge >= 0.3 is 0 Å². The van der Waals surface area contributed by atoms with Crippen LogP contribution in [0.4, 0.5) is 0 Å². The topological polar surface area (TPSA) is 108 Å². The molecule has 0 spiro atoms. The first-order valence-electron chi connectivity index (χ1n) is 20.6. The van der Waals surface area contributed by atoms with Gasteiger partial charge in [-0.3, -0.25) is 9.36 Å². The van der Waals surface area contributed by atoms with Crippen molar-refractivity contribution in [3.63, 3.8) is 0 Å². The highest BCUT2D eigenvalue weighted by Crippen LogP contribution is 2.38. The van der Waals surface area contributed by atoms with E-state index in [1.54, 1.807) is 6.08 Å². The van der Waals surface area contributed by atoms with Crippen molar-refractivity contribution in [2.24, 2.45) is 0 Å². The molecule has 49 heavy (non-hydrogen) atoms. The van der Waals surface area contributed by atoms with Gasteiger partial charge in [0.05, 0.1) is 39.9 Å². The molecule has 0 heterocycles. The summed E-state index contributed by atoms with van der Waals surface area (Å²) in [6.07, 6.45) is 35.4. The summed E-state index contributed by atoms with van der Waals surface area (Å²) in [6, 6.07) is -0.877. The molecule has 1 unspecified atom stereocenters. The SMILES string of the molecule is CCCCCCCCC/C=C/[C@@H](O)[C@H](COP(=O)([O-])OCC[N+](C)(C)C)NC(=O)CCCCCCCCCCCCCCCCCCCC. The largest absolute Gasteiger partial charge is 0.756 e. The number of carbonyl (C=O) groups excluding carboxylic acids is 1. The van der Waals surface area contributed by atoms with Gasteiger partial charge in [-0.1, -0.05) is 174 Å². The number of nitrogens with one attached hydrogen (secondary N) is 1. The van der Waals surface area contributed by atoms with Gasteiger partial charge in [0.25, 0.3) is 7.82 Å². The minimum atomic E-state index is -4.57. The van der Waals surface area contributed by atoms with Crippen LogP contribution in [0, 0.1) is 0 Å². The summed E-state index contributed by atoms with van der Waals surface area (Å²) in [6.45, 7) is 4.62. The molecule has 0 aromatic rings. The smallest absolute Gasteiger partial charge is 0.268 e. The van der Waals surface area contributed by atoms with Gasteiger partial charge in [-0.15, -0.1) is 0 Å². The first-order valence-corrected chi connectivity index (χ1v) is 22.0. The van der Waals surface area contributed by atoms with Crippen LogP contribution in [0.25, 0.3) is 0 Å². The highest BCUT2D eigenvalue weighted by molar-refractivity contribution is 7.45. The number of likely N-dealkylation sites (N-methyl/N-ethyl adjacent to an activating group) is 1. The molecule has 1 amide bonds. The Morgan fingerprint density at radius 1 is 0.694 bits per heavy atom. The number of allylic oxidation sites excluding steroid dienone is 1. The fraction of sp³-hybridized carbons (Fsp3) is 0.925. The Balaban J connectivity index is 4.33.